The first kappa shape index (κ1) is 8.34. The van der Waals surface area contributed by atoms with Gasteiger partial charge in [-0.25, -0.2) is 0 Å². The molecule has 0 aromatic heterocycles. The lowest BCUT2D eigenvalue weighted by Gasteiger charge is -2.39. The number of rotatable bonds is 1. The zero-order valence-electron chi connectivity index (χ0n) is 8.40. The summed E-state index contributed by atoms with van der Waals surface area (Å²) in [5, 5.41) is 0. The van der Waals surface area contributed by atoms with Crippen LogP contribution in [-0.2, 0) is 0 Å². The van der Waals surface area contributed by atoms with Crippen molar-refractivity contribution in [2.45, 2.75) is 52.4 Å². The summed E-state index contributed by atoms with van der Waals surface area (Å²) in [6.07, 6.45) is 11.1. The van der Waals surface area contributed by atoms with E-state index in [-0.39, 0.29) is 0 Å². The van der Waals surface area contributed by atoms with Crippen molar-refractivity contribution in [2.24, 2.45) is 11.3 Å². The van der Waals surface area contributed by atoms with Gasteiger partial charge in [-0.1, -0.05) is 25.5 Å². The Morgan fingerprint density at radius 3 is 3.08 bits per heavy atom. The van der Waals surface area contributed by atoms with Gasteiger partial charge in [-0.2, -0.15) is 0 Å². The summed E-state index contributed by atoms with van der Waals surface area (Å²) in [7, 11) is 0. The molecule has 2 aliphatic carbocycles. The molecule has 12 heavy (non-hydrogen) atoms. The van der Waals surface area contributed by atoms with E-state index in [9.17, 15) is 0 Å². The Labute approximate surface area is 76.1 Å². The Hall–Kier alpha value is -0.260. The quantitative estimate of drug-likeness (QED) is 0.515. The fraction of sp³-hybridized carbons (Fsp3) is 0.833. The van der Waals surface area contributed by atoms with Crippen LogP contribution < -0.4 is 0 Å². The molecule has 1 saturated carbocycles. The van der Waals surface area contributed by atoms with Gasteiger partial charge in [0.05, 0.1) is 0 Å². The van der Waals surface area contributed by atoms with Crippen LogP contribution in [0.3, 0.4) is 0 Å². The normalized spacial score (nSPS) is 40.8. The van der Waals surface area contributed by atoms with Gasteiger partial charge in [0.2, 0.25) is 0 Å². The predicted octanol–water partition coefficient (Wildman–Crippen LogP) is 3.92. The predicted molar refractivity (Wildman–Crippen MR) is 53.1 cm³/mol. The van der Waals surface area contributed by atoms with Gasteiger partial charge >= 0.3 is 0 Å². The lowest BCUT2D eigenvalue weighted by atomic mass is 9.67. The molecule has 0 amide bonds. The Morgan fingerprint density at radius 2 is 2.42 bits per heavy atom. The van der Waals surface area contributed by atoms with Crippen molar-refractivity contribution in [1.82, 2.24) is 0 Å². The molecule has 68 valence electrons. The Bertz CT molecular complexity index is 202. The third-order valence-electron chi connectivity index (χ3n) is 3.78. The SMILES string of the molecule is CCC1(C)C=C2CCCC(C2)C1. The minimum Gasteiger partial charge on any atom is -0.0794 e. The van der Waals surface area contributed by atoms with Crippen LogP contribution in [-0.4, -0.2) is 0 Å². The molecule has 0 aromatic rings. The van der Waals surface area contributed by atoms with Crippen LogP contribution in [0.25, 0.3) is 0 Å². The average molecular weight is 164 g/mol. The van der Waals surface area contributed by atoms with Gasteiger partial charge in [-0.15, -0.1) is 0 Å². The highest BCUT2D eigenvalue weighted by Gasteiger charge is 2.31. The van der Waals surface area contributed by atoms with Crippen molar-refractivity contribution < 1.29 is 0 Å². The molecule has 0 heterocycles. The third kappa shape index (κ3) is 1.44. The average Bonchev–Trinajstić information content (AvgIpc) is 2.03. The Balaban J connectivity index is 2.21. The van der Waals surface area contributed by atoms with Gasteiger partial charge < -0.3 is 0 Å². The highest BCUT2D eigenvalue weighted by Crippen LogP contribution is 2.45. The van der Waals surface area contributed by atoms with E-state index in [0.29, 0.717) is 5.41 Å². The first-order valence-electron chi connectivity index (χ1n) is 5.42. The molecule has 0 aromatic carbocycles. The van der Waals surface area contributed by atoms with Crippen LogP contribution in [0.1, 0.15) is 52.4 Å². The first-order valence-corrected chi connectivity index (χ1v) is 5.42. The molecule has 0 nitrogen and oxygen atoms in total. The maximum absolute atomic E-state index is 2.59. The molecule has 2 aliphatic rings. The van der Waals surface area contributed by atoms with Gasteiger partial charge in [-0.3, -0.25) is 0 Å². The van der Waals surface area contributed by atoms with Gasteiger partial charge in [0, 0.05) is 0 Å². The molecule has 0 saturated heterocycles. The molecular weight excluding hydrogens is 144 g/mol. The summed E-state index contributed by atoms with van der Waals surface area (Å²) < 4.78 is 0. The fourth-order valence-electron chi connectivity index (χ4n) is 2.96. The molecular formula is C12H20. The molecule has 2 rings (SSSR count). The van der Waals surface area contributed by atoms with E-state index < -0.39 is 0 Å². The van der Waals surface area contributed by atoms with E-state index in [1.807, 2.05) is 0 Å². The van der Waals surface area contributed by atoms with Crippen LogP contribution in [0, 0.1) is 11.3 Å². The van der Waals surface area contributed by atoms with E-state index >= 15 is 0 Å². The second kappa shape index (κ2) is 2.90. The number of hydrogen-bond donors (Lipinski definition) is 0. The van der Waals surface area contributed by atoms with Gasteiger partial charge in [0.25, 0.3) is 0 Å². The topological polar surface area (TPSA) is 0 Å². The van der Waals surface area contributed by atoms with Crippen LogP contribution in [0.15, 0.2) is 11.6 Å². The van der Waals surface area contributed by atoms with E-state index in [1.54, 1.807) is 5.57 Å². The minimum atomic E-state index is 0.554. The van der Waals surface area contributed by atoms with Crippen molar-refractivity contribution >= 4 is 0 Å². The van der Waals surface area contributed by atoms with Crippen molar-refractivity contribution in [3.63, 3.8) is 0 Å². The molecule has 2 unspecified atom stereocenters. The highest BCUT2D eigenvalue weighted by molar-refractivity contribution is 5.16. The second-order valence-electron chi connectivity index (χ2n) is 4.98. The van der Waals surface area contributed by atoms with Crippen LogP contribution in [0.4, 0.5) is 0 Å². The fourth-order valence-corrected chi connectivity index (χ4v) is 2.96. The number of hydrogen-bond acceptors (Lipinski definition) is 0. The third-order valence-corrected chi connectivity index (χ3v) is 3.78. The van der Waals surface area contributed by atoms with Crippen molar-refractivity contribution in [3.8, 4) is 0 Å². The Morgan fingerprint density at radius 1 is 1.58 bits per heavy atom. The van der Waals surface area contributed by atoms with E-state index in [2.05, 4.69) is 19.9 Å². The standard InChI is InChI=1S/C12H20/c1-3-12(2)8-10-5-4-6-11(7-10)9-12/h8,11H,3-7,9H2,1-2H3. The van der Waals surface area contributed by atoms with Crippen LogP contribution >= 0.6 is 0 Å². The first-order chi connectivity index (χ1) is 5.72. The second-order valence-corrected chi connectivity index (χ2v) is 4.98. The summed E-state index contributed by atoms with van der Waals surface area (Å²) in [5.41, 5.74) is 2.32. The molecule has 1 fully saturated rings. The summed E-state index contributed by atoms with van der Waals surface area (Å²) >= 11 is 0. The molecule has 0 aliphatic heterocycles. The molecule has 0 heteroatoms. The largest absolute Gasteiger partial charge is 0.0794 e. The molecule has 2 bridgehead atoms. The zero-order chi connectivity index (χ0) is 8.60. The summed E-state index contributed by atoms with van der Waals surface area (Å²) in [6, 6.07) is 0. The van der Waals surface area contributed by atoms with Gasteiger partial charge in [0.15, 0.2) is 0 Å². The molecule has 0 spiro atoms. The van der Waals surface area contributed by atoms with Gasteiger partial charge in [0.1, 0.15) is 0 Å². The lowest BCUT2D eigenvalue weighted by molar-refractivity contribution is 0.238. The smallest absolute Gasteiger partial charge is 0.0144 e. The van der Waals surface area contributed by atoms with Crippen LogP contribution in [0.5, 0.6) is 0 Å². The van der Waals surface area contributed by atoms with Crippen molar-refractivity contribution in [2.75, 3.05) is 0 Å². The lowest BCUT2D eigenvalue weighted by Crippen LogP contribution is -2.25. The molecule has 0 radical (unpaired) electrons. The van der Waals surface area contributed by atoms with E-state index in [4.69, 9.17) is 0 Å². The van der Waals surface area contributed by atoms with Crippen molar-refractivity contribution in [1.29, 1.82) is 0 Å². The maximum atomic E-state index is 2.59. The van der Waals surface area contributed by atoms with E-state index in [1.165, 1.54) is 38.5 Å². The van der Waals surface area contributed by atoms with E-state index in [0.717, 1.165) is 5.92 Å². The monoisotopic (exact) mass is 164 g/mol. The maximum Gasteiger partial charge on any atom is -0.0144 e. The zero-order valence-corrected chi connectivity index (χ0v) is 8.40. The highest BCUT2D eigenvalue weighted by atomic mass is 14.4. The summed E-state index contributed by atoms with van der Waals surface area (Å²) in [5.74, 6) is 1.03. The molecule has 2 atom stereocenters. The number of allylic oxidation sites excluding steroid dienone is 2. The summed E-state index contributed by atoms with van der Waals surface area (Å²) in [6.45, 7) is 4.77. The van der Waals surface area contributed by atoms with Crippen LogP contribution in [0.2, 0.25) is 0 Å². The Kier molecular flexibility index (Phi) is 2.02. The molecule has 0 N–H and O–H groups in total. The van der Waals surface area contributed by atoms with Crippen molar-refractivity contribution in [3.05, 3.63) is 11.6 Å². The number of fused-ring (bicyclic) bond motifs is 2. The minimum absolute atomic E-state index is 0.554. The van der Waals surface area contributed by atoms with Gasteiger partial charge in [-0.05, 0) is 49.9 Å². The summed E-state index contributed by atoms with van der Waals surface area (Å²) in [4.78, 5) is 0.